The van der Waals surface area contributed by atoms with Crippen LogP contribution >= 0.6 is 11.6 Å². The van der Waals surface area contributed by atoms with Gasteiger partial charge in [-0.15, -0.1) is 0 Å². The Bertz CT molecular complexity index is 545. The van der Waals surface area contributed by atoms with Crippen molar-refractivity contribution in [3.8, 4) is 11.5 Å². The van der Waals surface area contributed by atoms with E-state index in [9.17, 15) is 4.39 Å². The molecule has 2 nitrogen and oxygen atoms in total. The van der Waals surface area contributed by atoms with Gasteiger partial charge in [-0.1, -0.05) is 29.8 Å². The smallest absolute Gasteiger partial charge is 0.166 e. The summed E-state index contributed by atoms with van der Waals surface area (Å²) in [5.74, 6) is 0.213. The van der Waals surface area contributed by atoms with Gasteiger partial charge in [-0.05, 0) is 36.9 Å². The van der Waals surface area contributed by atoms with Gasteiger partial charge in [-0.25, -0.2) is 4.39 Å². The second-order valence-corrected chi connectivity index (χ2v) is 4.23. The molecule has 2 aromatic carbocycles. The van der Waals surface area contributed by atoms with E-state index in [0.717, 1.165) is 5.56 Å². The molecule has 0 atom stereocenters. The minimum atomic E-state index is -0.400. The summed E-state index contributed by atoms with van der Waals surface area (Å²) in [6.07, 6.45) is 0. The normalized spacial score (nSPS) is 10.4. The average molecular weight is 266 g/mol. The van der Waals surface area contributed by atoms with E-state index in [-0.39, 0.29) is 5.75 Å². The van der Waals surface area contributed by atoms with Gasteiger partial charge in [0.2, 0.25) is 0 Å². The van der Waals surface area contributed by atoms with E-state index in [2.05, 4.69) is 5.32 Å². The number of nitrogens with one attached hydrogen (secondary N) is 1. The zero-order chi connectivity index (χ0) is 13.0. The number of benzene rings is 2. The maximum atomic E-state index is 13.8. The first-order valence-electron chi connectivity index (χ1n) is 5.56. The van der Waals surface area contributed by atoms with Crippen LogP contribution in [0, 0.1) is 5.82 Å². The Labute approximate surface area is 110 Å². The summed E-state index contributed by atoms with van der Waals surface area (Å²) in [7, 11) is 1.81. The van der Waals surface area contributed by atoms with Crippen molar-refractivity contribution in [3.05, 3.63) is 58.9 Å². The summed E-state index contributed by atoms with van der Waals surface area (Å²) in [4.78, 5) is 0. The van der Waals surface area contributed by atoms with Crippen LogP contribution in [0.3, 0.4) is 0 Å². The van der Waals surface area contributed by atoms with Gasteiger partial charge in [-0.3, -0.25) is 0 Å². The Morgan fingerprint density at radius 3 is 2.61 bits per heavy atom. The topological polar surface area (TPSA) is 21.3 Å². The fraction of sp³-hybridized carbons (Fsp3) is 0.143. The molecule has 0 saturated carbocycles. The Balaban J connectivity index is 2.22. The average Bonchev–Trinajstić information content (AvgIpc) is 2.35. The molecule has 2 aromatic rings. The fourth-order valence-corrected chi connectivity index (χ4v) is 1.76. The van der Waals surface area contributed by atoms with E-state index >= 15 is 0 Å². The highest BCUT2D eigenvalue weighted by Gasteiger charge is 2.07. The maximum Gasteiger partial charge on any atom is 0.166 e. The van der Waals surface area contributed by atoms with E-state index in [1.165, 1.54) is 6.07 Å². The number of hydrogen-bond acceptors (Lipinski definition) is 2. The lowest BCUT2D eigenvalue weighted by molar-refractivity contribution is 0.441. The van der Waals surface area contributed by atoms with E-state index in [1.807, 2.05) is 13.1 Å². The minimum absolute atomic E-state index is 0.169. The van der Waals surface area contributed by atoms with Crippen LogP contribution < -0.4 is 10.1 Å². The first-order valence-corrected chi connectivity index (χ1v) is 5.94. The van der Waals surface area contributed by atoms with Gasteiger partial charge in [0.15, 0.2) is 11.6 Å². The van der Waals surface area contributed by atoms with Gasteiger partial charge in [0.25, 0.3) is 0 Å². The van der Waals surface area contributed by atoms with Crippen molar-refractivity contribution in [2.24, 2.45) is 0 Å². The summed E-state index contributed by atoms with van der Waals surface area (Å²) < 4.78 is 19.2. The molecule has 0 aliphatic rings. The largest absolute Gasteiger partial charge is 0.453 e. The van der Waals surface area contributed by atoms with Gasteiger partial charge in [0.1, 0.15) is 5.75 Å². The molecule has 0 amide bonds. The first-order chi connectivity index (χ1) is 8.70. The van der Waals surface area contributed by atoms with Crippen LogP contribution in [0.2, 0.25) is 5.02 Å². The van der Waals surface area contributed by atoms with Crippen LogP contribution in [-0.4, -0.2) is 7.05 Å². The zero-order valence-electron chi connectivity index (χ0n) is 9.91. The number of hydrogen-bond donors (Lipinski definition) is 1. The number of para-hydroxylation sites is 1. The van der Waals surface area contributed by atoms with E-state index in [4.69, 9.17) is 16.3 Å². The molecule has 0 bridgehead atoms. The first kappa shape index (κ1) is 12.9. The Morgan fingerprint density at radius 2 is 1.94 bits per heavy atom. The van der Waals surface area contributed by atoms with Crippen LogP contribution in [-0.2, 0) is 6.54 Å². The second kappa shape index (κ2) is 5.85. The van der Waals surface area contributed by atoms with Crippen molar-refractivity contribution < 1.29 is 9.13 Å². The molecular formula is C14H13ClFNO. The molecule has 4 heteroatoms. The van der Waals surface area contributed by atoms with Gasteiger partial charge < -0.3 is 10.1 Å². The standard InChI is InChI=1S/C14H13ClFNO/c1-17-9-10-6-7-14(12(16)8-10)18-13-5-3-2-4-11(13)15/h2-8,17H,9H2,1H3. The maximum absolute atomic E-state index is 13.8. The molecule has 0 heterocycles. The number of halogens is 2. The molecule has 1 N–H and O–H groups in total. The van der Waals surface area contributed by atoms with Crippen LogP contribution in [0.4, 0.5) is 4.39 Å². The number of ether oxygens (including phenoxy) is 1. The van der Waals surface area contributed by atoms with Crippen LogP contribution in [0.1, 0.15) is 5.56 Å². The molecule has 0 aliphatic heterocycles. The molecular weight excluding hydrogens is 253 g/mol. The molecule has 94 valence electrons. The van der Waals surface area contributed by atoms with Crippen LogP contribution in [0.5, 0.6) is 11.5 Å². The van der Waals surface area contributed by atoms with Gasteiger partial charge in [0, 0.05) is 6.54 Å². The van der Waals surface area contributed by atoms with E-state index in [0.29, 0.717) is 17.3 Å². The van der Waals surface area contributed by atoms with Crippen molar-refractivity contribution in [2.45, 2.75) is 6.54 Å². The molecule has 0 unspecified atom stereocenters. The quantitative estimate of drug-likeness (QED) is 0.902. The highest BCUT2D eigenvalue weighted by atomic mass is 35.5. The Kier molecular flexibility index (Phi) is 4.18. The highest BCUT2D eigenvalue weighted by Crippen LogP contribution is 2.30. The van der Waals surface area contributed by atoms with Gasteiger partial charge >= 0.3 is 0 Å². The zero-order valence-corrected chi connectivity index (χ0v) is 10.7. The summed E-state index contributed by atoms with van der Waals surface area (Å²) in [6.45, 7) is 0.614. The van der Waals surface area contributed by atoms with E-state index in [1.54, 1.807) is 30.3 Å². The molecule has 0 spiro atoms. The van der Waals surface area contributed by atoms with Gasteiger partial charge in [-0.2, -0.15) is 0 Å². The molecule has 0 saturated heterocycles. The van der Waals surface area contributed by atoms with Crippen molar-refractivity contribution in [3.63, 3.8) is 0 Å². The molecule has 18 heavy (non-hydrogen) atoms. The lowest BCUT2D eigenvalue weighted by Crippen LogP contribution is -2.05. The van der Waals surface area contributed by atoms with Crippen LogP contribution in [0.25, 0.3) is 0 Å². The third-order valence-electron chi connectivity index (χ3n) is 2.43. The molecule has 0 aliphatic carbocycles. The highest BCUT2D eigenvalue weighted by molar-refractivity contribution is 6.32. The summed E-state index contributed by atoms with van der Waals surface area (Å²) in [5.41, 5.74) is 0.863. The molecule has 0 aromatic heterocycles. The molecule has 0 radical (unpaired) electrons. The van der Waals surface area contributed by atoms with E-state index < -0.39 is 5.82 Å². The predicted octanol–water partition coefficient (Wildman–Crippen LogP) is 3.99. The van der Waals surface area contributed by atoms with Crippen molar-refractivity contribution in [1.82, 2.24) is 5.32 Å². The van der Waals surface area contributed by atoms with Crippen LogP contribution in [0.15, 0.2) is 42.5 Å². The second-order valence-electron chi connectivity index (χ2n) is 3.83. The van der Waals surface area contributed by atoms with Crippen molar-refractivity contribution >= 4 is 11.6 Å². The summed E-state index contributed by atoms with van der Waals surface area (Å²) >= 11 is 5.95. The SMILES string of the molecule is CNCc1ccc(Oc2ccccc2Cl)c(F)c1. The molecule has 0 fully saturated rings. The van der Waals surface area contributed by atoms with Crippen molar-refractivity contribution in [1.29, 1.82) is 0 Å². The minimum Gasteiger partial charge on any atom is -0.453 e. The summed E-state index contributed by atoms with van der Waals surface area (Å²) in [6, 6.07) is 11.8. The van der Waals surface area contributed by atoms with Crippen molar-refractivity contribution in [2.75, 3.05) is 7.05 Å². The lowest BCUT2D eigenvalue weighted by Gasteiger charge is -2.09. The monoisotopic (exact) mass is 265 g/mol. The predicted molar refractivity (Wildman–Crippen MR) is 70.7 cm³/mol. The van der Waals surface area contributed by atoms with Gasteiger partial charge in [0.05, 0.1) is 5.02 Å². The lowest BCUT2D eigenvalue weighted by atomic mass is 10.2. The Morgan fingerprint density at radius 1 is 1.17 bits per heavy atom. The molecule has 2 rings (SSSR count). The third-order valence-corrected chi connectivity index (χ3v) is 2.75. The third kappa shape index (κ3) is 3.00. The number of rotatable bonds is 4. The summed E-state index contributed by atoms with van der Waals surface area (Å²) in [5, 5.41) is 3.42. The Hall–Kier alpha value is -1.58. The fourth-order valence-electron chi connectivity index (χ4n) is 1.59.